The van der Waals surface area contributed by atoms with Gasteiger partial charge in [0.2, 0.25) is 5.91 Å². The van der Waals surface area contributed by atoms with E-state index in [4.69, 9.17) is 0 Å². The summed E-state index contributed by atoms with van der Waals surface area (Å²) in [6.07, 6.45) is 2.01. The second-order valence-corrected chi connectivity index (χ2v) is 4.61. The van der Waals surface area contributed by atoms with Crippen LogP contribution in [0.25, 0.3) is 0 Å². The first kappa shape index (κ1) is 11.1. The van der Waals surface area contributed by atoms with E-state index >= 15 is 0 Å². The lowest BCUT2D eigenvalue weighted by Crippen LogP contribution is -2.51. The fourth-order valence-corrected chi connectivity index (χ4v) is 2.67. The molecule has 7 heteroatoms. The lowest BCUT2D eigenvalue weighted by molar-refractivity contribution is -0.120. The maximum absolute atomic E-state index is 12.2. The van der Waals surface area contributed by atoms with Crippen molar-refractivity contribution in [3.8, 4) is 0 Å². The Kier molecular flexibility index (Phi) is 2.29. The average Bonchev–Trinajstić information content (AvgIpc) is 2.87. The van der Waals surface area contributed by atoms with E-state index in [2.05, 4.69) is 5.32 Å². The van der Waals surface area contributed by atoms with Crippen LogP contribution in [0.4, 0.5) is 10.5 Å². The van der Waals surface area contributed by atoms with Crippen LogP contribution in [0.3, 0.4) is 0 Å². The molecule has 0 saturated carbocycles. The Hall–Kier alpha value is -2.05. The molecule has 3 amide bonds. The van der Waals surface area contributed by atoms with E-state index in [-0.39, 0.29) is 24.4 Å². The van der Waals surface area contributed by atoms with Crippen LogP contribution in [-0.2, 0) is 24.8 Å². The molecule has 1 aromatic heterocycles. The van der Waals surface area contributed by atoms with Gasteiger partial charge in [0.25, 0.3) is 5.56 Å². The first-order chi connectivity index (χ1) is 8.59. The highest BCUT2D eigenvalue weighted by molar-refractivity contribution is 6.05. The fraction of sp³-hybridized carbons (Fsp3) is 0.545. The molecule has 1 N–H and O–H groups in total. The summed E-state index contributed by atoms with van der Waals surface area (Å²) in [5.41, 5.74) is 1.15. The SMILES string of the molecule is Cn1c(=O)c(N2CCC(=O)NC2=O)c2n1CCC2. The summed E-state index contributed by atoms with van der Waals surface area (Å²) in [6.45, 7) is 1.08. The van der Waals surface area contributed by atoms with Crippen molar-refractivity contribution in [3.63, 3.8) is 0 Å². The molecule has 0 radical (unpaired) electrons. The van der Waals surface area contributed by atoms with E-state index in [9.17, 15) is 14.4 Å². The van der Waals surface area contributed by atoms with Crippen molar-refractivity contribution in [2.24, 2.45) is 7.05 Å². The largest absolute Gasteiger partial charge is 0.328 e. The molecule has 1 fully saturated rings. The maximum Gasteiger partial charge on any atom is 0.328 e. The molecule has 2 aliphatic heterocycles. The molecule has 0 spiro atoms. The van der Waals surface area contributed by atoms with Gasteiger partial charge in [-0.1, -0.05) is 0 Å². The van der Waals surface area contributed by atoms with Gasteiger partial charge >= 0.3 is 6.03 Å². The van der Waals surface area contributed by atoms with Crippen molar-refractivity contribution in [3.05, 3.63) is 16.0 Å². The van der Waals surface area contributed by atoms with Crippen molar-refractivity contribution in [1.29, 1.82) is 0 Å². The lowest BCUT2D eigenvalue weighted by Gasteiger charge is -2.25. The van der Waals surface area contributed by atoms with Gasteiger partial charge in [0, 0.05) is 26.6 Å². The van der Waals surface area contributed by atoms with Crippen LogP contribution in [-0.4, -0.2) is 27.8 Å². The summed E-state index contributed by atoms with van der Waals surface area (Å²) >= 11 is 0. The van der Waals surface area contributed by atoms with Crippen LogP contribution in [0.2, 0.25) is 0 Å². The molecule has 3 rings (SSSR count). The predicted molar refractivity (Wildman–Crippen MR) is 63.5 cm³/mol. The van der Waals surface area contributed by atoms with E-state index in [1.807, 2.05) is 4.68 Å². The fourth-order valence-electron chi connectivity index (χ4n) is 2.67. The Balaban J connectivity index is 2.08. The molecule has 0 aliphatic carbocycles. The van der Waals surface area contributed by atoms with Crippen LogP contribution in [0, 0.1) is 0 Å². The first-order valence-corrected chi connectivity index (χ1v) is 5.99. The Morgan fingerprint density at radius 1 is 1.11 bits per heavy atom. The van der Waals surface area contributed by atoms with Crippen LogP contribution >= 0.6 is 0 Å². The Morgan fingerprint density at radius 2 is 1.89 bits per heavy atom. The Labute approximate surface area is 103 Å². The maximum atomic E-state index is 12.2. The number of nitrogens with one attached hydrogen (secondary N) is 1. The van der Waals surface area contributed by atoms with Gasteiger partial charge in [0.15, 0.2) is 0 Å². The zero-order valence-electron chi connectivity index (χ0n) is 10.1. The molecule has 1 aromatic rings. The summed E-state index contributed by atoms with van der Waals surface area (Å²) < 4.78 is 3.45. The number of imide groups is 1. The predicted octanol–water partition coefficient (Wildman–Crippen LogP) is -0.421. The minimum atomic E-state index is -0.496. The zero-order valence-corrected chi connectivity index (χ0v) is 10.1. The highest BCUT2D eigenvalue weighted by Crippen LogP contribution is 2.25. The average molecular weight is 250 g/mol. The summed E-state index contributed by atoms with van der Waals surface area (Å²) in [6, 6.07) is -0.496. The molecule has 0 unspecified atom stereocenters. The van der Waals surface area contributed by atoms with Gasteiger partial charge in [-0.15, -0.1) is 0 Å². The van der Waals surface area contributed by atoms with E-state index < -0.39 is 6.03 Å². The number of hydrogen-bond donors (Lipinski definition) is 1. The van der Waals surface area contributed by atoms with E-state index in [0.29, 0.717) is 5.69 Å². The normalized spacial score (nSPS) is 19.1. The van der Waals surface area contributed by atoms with Gasteiger partial charge < -0.3 is 0 Å². The number of hydrogen-bond acceptors (Lipinski definition) is 3. The molecule has 18 heavy (non-hydrogen) atoms. The number of aromatic nitrogens is 2. The molecular formula is C11H14N4O3. The van der Waals surface area contributed by atoms with Crippen LogP contribution in [0.15, 0.2) is 4.79 Å². The summed E-state index contributed by atoms with van der Waals surface area (Å²) in [4.78, 5) is 36.5. The van der Waals surface area contributed by atoms with Gasteiger partial charge in [-0.05, 0) is 12.8 Å². The van der Waals surface area contributed by atoms with Crippen LogP contribution in [0.1, 0.15) is 18.5 Å². The molecule has 0 bridgehead atoms. The summed E-state index contributed by atoms with van der Waals surface area (Å²) in [5.74, 6) is -0.288. The van der Waals surface area contributed by atoms with Gasteiger partial charge in [-0.2, -0.15) is 0 Å². The first-order valence-electron chi connectivity index (χ1n) is 5.99. The Morgan fingerprint density at radius 3 is 2.61 bits per heavy atom. The monoisotopic (exact) mass is 250 g/mol. The smallest absolute Gasteiger partial charge is 0.287 e. The summed E-state index contributed by atoms with van der Waals surface area (Å²) in [5, 5.41) is 2.25. The number of fused-ring (bicyclic) bond motifs is 1. The third-order valence-electron chi connectivity index (χ3n) is 3.55. The van der Waals surface area contributed by atoms with E-state index in [1.54, 1.807) is 11.7 Å². The highest BCUT2D eigenvalue weighted by atomic mass is 16.2. The molecule has 96 valence electrons. The second kappa shape index (κ2) is 3.72. The highest BCUT2D eigenvalue weighted by Gasteiger charge is 2.32. The van der Waals surface area contributed by atoms with Gasteiger partial charge in [0.1, 0.15) is 5.69 Å². The Bertz CT molecular complexity index is 598. The topological polar surface area (TPSA) is 76.3 Å². The third kappa shape index (κ3) is 1.40. The minimum absolute atomic E-state index is 0.172. The number of carbonyl (C=O) groups excluding carboxylic acids is 2. The summed E-state index contributed by atoms with van der Waals surface area (Å²) in [7, 11) is 1.70. The van der Waals surface area contributed by atoms with Crippen molar-refractivity contribution < 1.29 is 9.59 Å². The second-order valence-electron chi connectivity index (χ2n) is 4.61. The van der Waals surface area contributed by atoms with Gasteiger partial charge in [-0.25, -0.2) is 4.79 Å². The molecule has 0 aromatic carbocycles. The molecule has 2 aliphatic rings. The zero-order chi connectivity index (χ0) is 12.9. The van der Waals surface area contributed by atoms with Crippen molar-refractivity contribution in [1.82, 2.24) is 14.7 Å². The molecular weight excluding hydrogens is 236 g/mol. The third-order valence-corrected chi connectivity index (χ3v) is 3.55. The van der Waals surface area contributed by atoms with Crippen LogP contribution in [0.5, 0.6) is 0 Å². The standard InChI is InChI=1S/C11H14N4O3/c1-13-10(17)9(7-3-2-5-15(7)13)14-6-4-8(16)12-11(14)18/h2-6H2,1H3,(H,12,16,18). The van der Waals surface area contributed by atoms with Gasteiger partial charge in [0.05, 0.1) is 5.69 Å². The van der Waals surface area contributed by atoms with E-state index in [0.717, 1.165) is 25.1 Å². The van der Waals surface area contributed by atoms with Crippen LogP contribution < -0.4 is 15.8 Å². The van der Waals surface area contributed by atoms with Gasteiger partial charge in [-0.3, -0.25) is 29.2 Å². The number of amides is 3. The number of urea groups is 1. The van der Waals surface area contributed by atoms with E-state index in [1.165, 1.54) is 4.90 Å². The molecule has 3 heterocycles. The molecule has 7 nitrogen and oxygen atoms in total. The quantitative estimate of drug-likeness (QED) is 0.735. The molecule has 0 atom stereocenters. The minimum Gasteiger partial charge on any atom is -0.287 e. The number of carbonyl (C=O) groups is 2. The van der Waals surface area contributed by atoms with Crippen molar-refractivity contribution in [2.75, 3.05) is 11.4 Å². The van der Waals surface area contributed by atoms with Crippen molar-refractivity contribution in [2.45, 2.75) is 25.8 Å². The number of nitrogens with zero attached hydrogens (tertiary/aromatic N) is 3. The lowest BCUT2D eigenvalue weighted by atomic mass is 10.2. The number of rotatable bonds is 1. The van der Waals surface area contributed by atoms with Crippen molar-refractivity contribution >= 4 is 17.6 Å². The molecule has 1 saturated heterocycles. The number of anilines is 1.